The Hall–Kier alpha value is -2.37. The number of allylic oxidation sites excluding steroid dienone is 6. The van der Waals surface area contributed by atoms with Crippen molar-refractivity contribution in [1.29, 1.82) is 0 Å². The fraction of sp³-hybridized carbons (Fsp3) is 0.667. The van der Waals surface area contributed by atoms with Crippen LogP contribution in [0.4, 0.5) is 0 Å². The van der Waals surface area contributed by atoms with E-state index >= 15 is 0 Å². The van der Waals surface area contributed by atoms with Gasteiger partial charge in [-0.1, -0.05) is 34.9 Å². The van der Waals surface area contributed by atoms with Crippen LogP contribution in [0.2, 0.25) is 0 Å². The molecule has 4 rings (SSSR count). The molecule has 0 aromatic carbocycles. The zero-order valence-corrected chi connectivity index (χ0v) is 20.5. The summed E-state index contributed by atoms with van der Waals surface area (Å²) >= 11 is 0. The van der Waals surface area contributed by atoms with E-state index in [1.807, 2.05) is 0 Å². The highest BCUT2D eigenvalue weighted by Crippen LogP contribution is 2.27. The highest BCUT2D eigenvalue weighted by atomic mass is 16.5. The summed E-state index contributed by atoms with van der Waals surface area (Å²) in [4.78, 5) is 13.3. The van der Waals surface area contributed by atoms with Crippen molar-refractivity contribution < 1.29 is 14.2 Å². The second-order valence-corrected chi connectivity index (χ2v) is 10.2. The van der Waals surface area contributed by atoms with Gasteiger partial charge in [-0.15, -0.1) is 15.0 Å². The molecular weight excluding hydrogens is 414 g/mol. The standard InChI is InChI=1S/C27H39N3O3/c1-19-4-10-22(11-5-19)16-31-25-28-26(32-17-23-12-6-20(2)7-13-23)30-27(29-25)33-18-24-14-8-21(3)9-15-24/h4,6,8,22-24H,5,7,9-18H2,1-3H3. The first-order chi connectivity index (χ1) is 16.0. The molecule has 0 aliphatic heterocycles. The van der Waals surface area contributed by atoms with Crippen LogP contribution in [-0.2, 0) is 0 Å². The minimum absolute atomic E-state index is 0.306. The Balaban J connectivity index is 1.37. The lowest BCUT2D eigenvalue weighted by Crippen LogP contribution is -2.19. The van der Waals surface area contributed by atoms with Gasteiger partial charge in [0.05, 0.1) is 19.8 Å². The SMILES string of the molecule is CC1=CCC(COc2nc(OCC3CC=C(C)CC3)nc(OCC3CC=C(C)CC3)n2)CC1. The zero-order chi connectivity index (χ0) is 23.0. The third-order valence-electron chi connectivity index (χ3n) is 7.16. The average molecular weight is 454 g/mol. The third kappa shape index (κ3) is 7.58. The van der Waals surface area contributed by atoms with Gasteiger partial charge in [-0.05, 0) is 96.3 Å². The number of rotatable bonds is 9. The number of hydrogen-bond donors (Lipinski definition) is 0. The first-order valence-electron chi connectivity index (χ1n) is 12.6. The van der Waals surface area contributed by atoms with Gasteiger partial charge in [-0.25, -0.2) is 0 Å². The van der Waals surface area contributed by atoms with Gasteiger partial charge in [0.25, 0.3) is 0 Å². The molecule has 6 heteroatoms. The fourth-order valence-corrected chi connectivity index (χ4v) is 4.60. The quantitative estimate of drug-likeness (QED) is 0.412. The van der Waals surface area contributed by atoms with E-state index in [0.717, 1.165) is 57.8 Å². The molecule has 33 heavy (non-hydrogen) atoms. The van der Waals surface area contributed by atoms with Crippen molar-refractivity contribution in [1.82, 2.24) is 15.0 Å². The predicted molar refractivity (Wildman–Crippen MR) is 130 cm³/mol. The van der Waals surface area contributed by atoms with E-state index in [0.29, 0.717) is 55.6 Å². The van der Waals surface area contributed by atoms with Crippen LogP contribution >= 0.6 is 0 Å². The van der Waals surface area contributed by atoms with Crippen LogP contribution in [0.3, 0.4) is 0 Å². The summed E-state index contributed by atoms with van der Waals surface area (Å²) in [6.45, 7) is 8.40. The van der Waals surface area contributed by atoms with Crippen LogP contribution in [0.25, 0.3) is 0 Å². The van der Waals surface area contributed by atoms with Crippen molar-refractivity contribution in [2.75, 3.05) is 19.8 Å². The van der Waals surface area contributed by atoms with Crippen molar-refractivity contribution in [3.8, 4) is 18.0 Å². The fourth-order valence-electron chi connectivity index (χ4n) is 4.60. The molecule has 1 aromatic rings. The van der Waals surface area contributed by atoms with E-state index in [1.54, 1.807) is 0 Å². The van der Waals surface area contributed by atoms with Crippen LogP contribution in [0.5, 0.6) is 18.0 Å². The van der Waals surface area contributed by atoms with E-state index in [-0.39, 0.29) is 0 Å². The molecule has 180 valence electrons. The van der Waals surface area contributed by atoms with Crippen molar-refractivity contribution in [3.05, 3.63) is 34.9 Å². The highest BCUT2D eigenvalue weighted by molar-refractivity contribution is 5.11. The first kappa shape index (κ1) is 23.8. The summed E-state index contributed by atoms with van der Waals surface area (Å²) in [7, 11) is 0. The largest absolute Gasteiger partial charge is 0.463 e. The summed E-state index contributed by atoms with van der Waals surface area (Å²) < 4.78 is 18.0. The lowest BCUT2D eigenvalue weighted by atomic mass is 9.91. The lowest BCUT2D eigenvalue weighted by Gasteiger charge is -2.22. The summed E-state index contributed by atoms with van der Waals surface area (Å²) in [5.41, 5.74) is 4.41. The van der Waals surface area contributed by atoms with Crippen molar-refractivity contribution in [2.24, 2.45) is 17.8 Å². The van der Waals surface area contributed by atoms with Gasteiger partial charge in [0.1, 0.15) is 0 Å². The van der Waals surface area contributed by atoms with Gasteiger partial charge in [-0.2, -0.15) is 0 Å². The molecule has 3 aliphatic rings. The molecule has 1 heterocycles. The Bertz CT molecular complexity index is 766. The lowest BCUT2D eigenvalue weighted by molar-refractivity contribution is 0.180. The van der Waals surface area contributed by atoms with E-state index in [1.165, 1.54) is 16.7 Å². The number of nitrogens with zero attached hydrogens (tertiary/aromatic N) is 3. The van der Waals surface area contributed by atoms with Gasteiger partial charge >= 0.3 is 18.0 Å². The molecule has 3 unspecified atom stereocenters. The molecule has 0 spiro atoms. The van der Waals surface area contributed by atoms with Crippen molar-refractivity contribution >= 4 is 0 Å². The molecular formula is C27H39N3O3. The minimum atomic E-state index is 0.306. The topological polar surface area (TPSA) is 66.4 Å². The van der Waals surface area contributed by atoms with E-state index in [4.69, 9.17) is 14.2 Å². The molecule has 0 saturated carbocycles. The second kappa shape index (κ2) is 11.7. The number of ether oxygens (including phenoxy) is 3. The zero-order valence-electron chi connectivity index (χ0n) is 20.5. The van der Waals surface area contributed by atoms with Gasteiger partial charge in [0.15, 0.2) is 0 Å². The molecule has 6 nitrogen and oxygen atoms in total. The van der Waals surface area contributed by atoms with Crippen LogP contribution in [0.15, 0.2) is 34.9 Å². The average Bonchev–Trinajstić information content (AvgIpc) is 2.83. The number of aromatic nitrogens is 3. The first-order valence-corrected chi connectivity index (χ1v) is 12.6. The second-order valence-electron chi connectivity index (χ2n) is 10.2. The van der Waals surface area contributed by atoms with Crippen LogP contribution in [-0.4, -0.2) is 34.8 Å². The van der Waals surface area contributed by atoms with Crippen LogP contribution in [0.1, 0.15) is 78.6 Å². The van der Waals surface area contributed by atoms with Gasteiger partial charge in [0, 0.05) is 0 Å². The van der Waals surface area contributed by atoms with Crippen LogP contribution in [0, 0.1) is 17.8 Å². The molecule has 3 aliphatic carbocycles. The van der Waals surface area contributed by atoms with Crippen LogP contribution < -0.4 is 14.2 Å². The van der Waals surface area contributed by atoms with Crippen molar-refractivity contribution in [2.45, 2.75) is 78.6 Å². The Morgan fingerprint density at radius 2 is 0.879 bits per heavy atom. The van der Waals surface area contributed by atoms with Gasteiger partial charge in [-0.3, -0.25) is 0 Å². The molecule has 0 bridgehead atoms. The Morgan fingerprint density at radius 3 is 1.12 bits per heavy atom. The molecule has 0 saturated heterocycles. The molecule has 0 amide bonds. The molecule has 0 radical (unpaired) electrons. The smallest absolute Gasteiger partial charge is 0.325 e. The van der Waals surface area contributed by atoms with Gasteiger partial charge in [0.2, 0.25) is 0 Å². The minimum Gasteiger partial charge on any atom is -0.463 e. The van der Waals surface area contributed by atoms with E-state index in [9.17, 15) is 0 Å². The highest BCUT2D eigenvalue weighted by Gasteiger charge is 2.19. The monoisotopic (exact) mass is 453 g/mol. The Labute approximate surface area is 198 Å². The molecule has 0 N–H and O–H groups in total. The normalized spacial score (nSPS) is 25.5. The van der Waals surface area contributed by atoms with E-state index in [2.05, 4.69) is 54.0 Å². The molecule has 1 aromatic heterocycles. The summed E-state index contributed by atoms with van der Waals surface area (Å²) in [5, 5.41) is 0. The maximum atomic E-state index is 6.00. The van der Waals surface area contributed by atoms with Gasteiger partial charge < -0.3 is 14.2 Å². The summed E-state index contributed by atoms with van der Waals surface area (Å²) in [6.07, 6.45) is 16.9. The number of hydrogen-bond acceptors (Lipinski definition) is 6. The maximum Gasteiger partial charge on any atom is 0.325 e. The maximum absolute atomic E-state index is 6.00. The molecule has 3 atom stereocenters. The molecule has 0 fully saturated rings. The predicted octanol–water partition coefficient (Wildman–Crippen LogP) is 6.25. The third-order valence-corrected chi connectivity index (χ3v) is 7.16. The Morgan fingerprint density at radius 1 is 0.576 bits per heavy atom. The summed E-state index contributed by atoms with van der Waals surface area (Å²) in [5.74, 6) is 1.48. The summed E-state index contributed by atoms with van der Waals surface area (Å²) in [6, 6.07) is 0.917. The Kier molecular flexibility index (Phi) is 8.40. The van der Waals surface area contributed by atoms with Crippen molar-refractivity contribution in [3.63, 3.8) is 0 Å². The van der Waals surface area contributed by atoms with E-state index < -0.39 is 0 Å².